The fourth-order valence-electron chi connectivity index (χ4n) is 6.19. The number of nitrogens with one attached hydrogen (secondary N) is 1. The van der Waals surface area contributed by atoms with Gasteiger partial charge < -0.3 is 19.6 Å². The van der Waals surface area contributed by atoms with Gasteiger partial charge in [-0.15, -0.1) is 0 Å². The summed E-state index contributed by atoms with van der Waals surface area (Å²) in [4.78, 5) is 13.5. The predicted octanol–water partition coefficient (Wildman–Crippen LogP) is 5.32. The van der Waals surface area contributed by atoms with Crippen LogP contribution in [0.2, 0.25) is 5.04 Å². The van der Waals surface area contributed by atoms with Crippen molar-refractivity contribution >= 4 is 35.5 Å². The molecule has 45 heavy (non-hydrogen) atoms. The third kappa shape index (κ3) is 6.93. The van der Waals surface area contributed by atoms with Crippen molar-refractivity contribution in [3.63, 3.8) is 0 Å². The second kappa shape index (κ2) is 14.3. The van der Waals surface area contributed by atoms with Crippen LogP contribution in [0.15, 0.2) is 85.5 Å². The first kappa shape index (κ1) is 32.3. The zero-order valence-corrected chi connectivity index (χ0v) is 27.9. The molecule has 3 heterocycles. The summed E-state index contributed by atoms with van der Waals surface area (Å²) in [5, 5.41) is 20.5. The Morgan fingerprint density at radius 2 is 1.62 bits per heavy atom. The summed E-state index contributed by atoms with van der Waals surface area (Å²) in [5.41, 5.74) is 3.08. The SMILES string of the molecule is CCC[C@@H](CCO[Si](c1ccccc1)(c1ccccc1)C(C)(C)C)Nc1ncnc2cnn(Cc3cc(CO)cnc3OC)c12. The van der Waals surface area contributed by atoms with Crippen LogP contribution in [0, 0.1) is 0 Å². The fraction of sp³-hybridized carbons (Fsp3) is 0.371. The quantitative estimate of drug-likeness (QED) is 0.160. The summed E-state index contributed by atoms with van der Waals surface area (Å²) < 4.78 is 14.6. The Morgan fingerprint density at radius 1 is 0.933 bits per heavy atom. The first-order valence-corrected chi connectivity index (χ1v) is 17.5. The average molecular weight is 625 g/mol. The van der Waals surface area contributed by atoms with Gasteiger partial charge in [-0.25, -0.2) is 15.0 Å². The highest BCUT2D eigenvalue weighted by molar-refractivity contribution is 6.99. The molecule has 3 aromatic heterocycles. The molecule has 0 saturated carbocycles. The van der Waals surface area contributed by atoms with Crippen LogP contribution in [0.5, 0.6) is 5.88 Å². The van der Waals surface area contributed by atoms with Crippen molar-refractivity contribution in [1.29, 1.82) is 0 Å². The van der Waals surface area contributed by atoms with E-state index in [9.17, 15) is 5.11 Å². The molecule has 2 aromatic carbocycles. The average Bonchev–Trinajstić information content (AvgIpc) is 3.47. The Kier molecular flexibility index (Phi) is 10.3. The van der Waals surface area contributed by atoms with E-state index in [1.165, 1.54) is 10.4 Å². The van der Waals surface area contributed by atoms with E-state index in [2.05, 4.69) is 114 Å². The molecule has 236 valence electrons. The lowest BCUT2D eigenvalue weighted by Crippen LogP contribution is -2.66. The van der Waals surface area contributed by atoms with Crippen molar-refractivity contribution in [2.45, 2.75) is 71.2 Å². The maximum Gasteiger partial charge on any atom is 0.261 e. The molecule has 0 radical (unpaired) electrons. The van der Waals surface area contributed by atoms with E-state index in [0.717, 1.165) is 41.7 Å². The first-order valence-electron chi connectivity index (χ1n) is 15.6. The molecular weight excluding hydrogens is 581 g/mol. The lowest BCUT2D eigenvalue weighted by atomic mass is 10.1. The number of fused-ring (bicyclic) bond motifs is 1. The number of methoxy groups -OCH3 is 1. The maximum atomic E-state index is 9.67. The number of anilines is 1. The Labute approximate surface area is 266 Å². The summed E-state index contributed by atoms with van der Waals surface area (Å²) in [6.45, 7) is 10.0. The molecule has 0 bridgehead atoms. The number of rotatable bonds is 14. The van der Waals surface area contributed by atoms with Crippen molar-refractivity contribution < 1.29 is 14.3 Å². The fourth-order valence-corrected chi connectivity index (χ4v) is 10.8. The molecule has 5 aromatic rings. The van der Waals surface area contributed by atoms with Gasteiger partial charge in [0.05, 0.1) is 26.5 Å². The minimum absolute atomic E-state index is 0.0854. The summed E-state index contributed by atoms with van der Waals surface area (Å²) in [7, 11) is -1.05. The van der Waals surface area contributed by atoms with Crippen LogP contribution >= 0.6 is 0 Å². The molecule has 0 aliphatic rings. The van der Waals surface area contributed by atoms with Crippen molar-refractivity contribution in [2.24, 2.45) is 0 Å². The molecule has 0 spiro atoms. The lowest BCUT2D eigenvalue weighted by molar-refractivity contribution is 0.280. The summed E-state index contributed by atoms with van der Waals surface area (Å²) >= 11 is 0. The smallest absolute Gasteiger partial charge is 0.261 e. The van der Waals surface area contributed by atoms with Crippen LogP contribution in [-0.4, -0.2) is 57.9 Å². The van der Waals surface area contributed by atoms with Gasteiger partial charge in [0, 0.05) is 24.4 Å². The standard InChI is InChI=1S/C35H44N6O3Si/c1-6-13-28(18-19-44-45(35(2,3)4,29-14-9-7-10-15-29)30-16-11-8-12-17-30)40-33-32-31(37-25-38-33)22-39-41(32)23-27-20-26(24-42)21-36-34(27)43-5/h7-12,14-17,20-22,25,28,42H,6,13,18-19,23-24H2,1-5H3,(H,37,38,40)/t28-/m0/s1. The molecule has 0 saturated heterocycles. The van der Waals surface area contributed by atoms with Gasteiger partial charge in [-0.2, -0.15) is 5.10 Å². The summed E-state index contributed by atoms with van der Waals surface area (Å²) in [6, 6.07) is 23.5. The number of pyridine rings is 1. The highest BCUT2D eigenvalue weighted by Crippen LogP contribution is 2.37. The molecule has 5 rings (SSSR count). The van der Waals surface area contributed by atoms with Gasteiger partial charge in [-0.05, 0) is 39.9 Å². The highest BCUT2D eigenvalue weighted by atomic mass is 28.4. The van der Waals surface area contributed by atoms with Gasteiger partial charge in [0.15, 0.2) is 5.82 Å². The minimum Gasteiger partial charge on any atom is -0.481 e. The number of benzene rings is 2. The number of aromatic nitrogens is 5. The van der Waals surface area contributed by atoms with E-state index in [0.29, 0.717) is 24.6 Å². The van der Waals surface area contributed by atoms with Crippen LogP contribution in [0.3, 0.4) is 0 Å². The van der Waals surface area contributed by atoms with E-state index in [4.69, 9.17) is 9.16 Å². The van der Waals surface area contributed by atoms with Crippen LogP contribution in [-0.2, 0) is 17.6 Å². The third-order valence-corrected chi connectivity index (χ3v) is 13.3. The van der Waals surface area contributed by atoms with Gasteiger partial charge in [0.2, 0.25) is 5.88 Å². The van der Waals surface area contributed by atoms with E-state index in [-0.39, 0.29) is 17.7 Å². The largest absolute Gasteiger partial charge is 0.481 e. The molecule has 10 heteroatoms. The molecule has 0 aliphatic carbocycles. The second-order valence-electron chi connectivity index (χ2n) is 12.4. The lowest BCUT2D eigenvalue weighted by Gasteiger charge is -2.43. The van der Waals surface area contributed by atoms with E-state index >= 15 is 0 Å². The zero-order chi connectivity index (χ0) is 31.9. The number of nitrogens with zero attached hydrogens (tertiary/aromatic N) is 5. The Hall–Kier alpha value is -4.12. The van der Waals surface area contributed by atoms with Gasteiger partial charge in [0.25, 0.3) is 8.32 Å². The Morgan fingerprint density at radius 3 is 2.22 bits per heavy atom. The van der Waals surface area contributed by atoms with Gasteiger partial charge in [-0.3, -0.25) is 4.68 Å². The molecule has 0 unspecified atom stereocenters. The number of aliphatic hydroxyl groups is 1. The number of ether oxygens (including phenoxy) is 1. The van der Waals surface area contributed by atoms with Gasteiger partial charge >= 0.3 is 0 Å². The maximum absolute atomic E-state index is 9.67. The summed E-state index contributed by atoms with van der Waals surface area (Å²) in [5.74, 6) is 1.22. The van der Waals surface area contributed by atoms with Crippen LogP contribution in [0.25, 0.3) is 11.0 Å². The number of hydrogen-bond donors (Lipinski definition) is 2. The monoisotopic (exact) mass is 624 g/mol. The summed E-state index contributed by atoms with van der Waals surface area (Å²) in [6.07, 6.45) is 7.73. The topological polar surface area (TPSA) is 107 Å². The van der Waals surface area contributed by atoms with Crippen molar-refractivity contribution in [3.8, 4) is 5.88 Å². The predicted molar refractivity (Wildman–Crippen MR) is 182 cm³/mol. The normalized spacial score (nSPS) is 12.8. The zero-order valence-electron chi connectivity index (χ0n) is 26.9. The molecule has 9 nitrogen and oxygen atoms in total. The van der Waals surface area contributed by atoms with E-state index < -0.39 is 8.32 Å². The van der Waals surface area contributed by atoms with Crippen molar-refractivity contribution in [3.05, 3.63) is 96.6 Å². The number of hydrogen-bond acceptors (Lipinski definition) is 8. The Bertz CT molecular complexity index is 1630. The highest BCUT2D eigenvalue weighted by Gasteiger charge is 2.50. The molecule has 2 N–H and O–H groups in total. The van der Waals surface area contributed by atoms with Gasteiger partial charge in [-0.1, -0.05) is 94.8 Å². The molecule has 0 fully saturated rings. The first-order chi connectivity index (χ1) is 21.8. The molecular formula is C35H44N6O3Si. The van der Waals surface area contributed by atoms with Crippen LogP contribution < -0.4 is 20.4 Å². The molecule has 0 amide bonds. The van der Waals surface area contributed by atoms with Crippen LogP contribution in [0.1, 0.15) is 58.1 Å². The molecule has 1 atom stereocenters. The second-order valence-corrected chi connectivity index (χ2v) is 16.7. The third-order valence-electron chi connectivity index (χ3n) is 8.29. The van der Waals surface area contributed by atoms with Crippen molar-refractivity contribution in [1.82, 2.24) is 24.7 Å². The van der Waals surface area contributed by atoms with E-state index in [1.807, 2.05) is 10.7 Å². The minimum atomic E-state index is -2.64. The van der Waals surface area contributed by atoms with E-state index in [1.54, 1.807) is 25.8 Å². The number of aliphatic hydroxyl groups excluding tert-OH is 1. The van der Waals surface area contributed by atoms with Gasteiger partial charge in [0.1, 0.15) is 17.4 Å². The van der Waals surface area contributed by atoms with Crippen LogP contribution in [0.4, 0.5) is 5.82 Å². The Balaban J connectivity index is 1.42. The van der Waals surface area contributed by atoms with Crippen molar-refractivity contribution in [2.75, 3.05) is 19.0 Å². The molecule has 0 aliphatic heterocycles.